The molecule has 1 aliphatic carbocycles. The second-order valence-electron chi connectivity index (χ2n) is 6.86. The maximum atomic E-state index is 12.5. The summed E-state index contributed by atoms with van der Waals surface area (Å²) in [6.07, 6.45) is 1.67. The van der Waals surface area contributed by atoms with Crippen LogP contribution in [-0.4, -0.2) is 38.4 Å². The van der Waals surface area contributed by atoms with E-state index < -0.39 is 14.9 Å². The molecular formula is C19H22N4O5S. The average Bonchev–Trinajstić information content (AvgIpc) is 3.49. The first kappa shape index (κ1) is 20.7. The zero-order valence-electron chi connectivity index (χ0n) is 15.8. The van der Waals surface area contributed by atoms with Crippen LogP contribution in [0.3, 0.4) is 0 Å². The summed E-state index contributed by atoms with van der Waals surface area (Å²) < 4.78 is 27.3. The van der Waals surface area contributed by atoms with Crippen molar-refractivity contribution in [3.8, 4) is 0 Å². The van der Waals surface area contributed by atoms with Gasteiger partial charge >= 0.3 is 0 Å². The van der Waals surface area contributed by atoms with Crippen molar-refractivity contribution in [1.82, 2.24) is 10.0 Å². The van der Waals surface area contributed by atoms with E-state index in [9.17, 15) is 23.3 Å². The van der Waals surface area contributed by atoms with E-state index in [-0.39, 0.29) is 22.5 Å². The number of non-ortho nitro benzene ring substituents is 1. The van der Waals surface area contributed by atoms with Crippen molar-refractivity contribution in [1.29, 1.82) is 0 Å². The van der Waals surface area contributed by atoms with Crippen LogP contribution in [0.2, 0.25) is 0 Å². The van der Waals surface area contributed by atoms with Gasteiger partial charge in [0.25, 0.3) is 11.6 Å². The molecule has 3 rings (SSSR count). The zero-order chi connectivity index (χ0) is 21.0. The molecule has 0 spiro atoms. The maximum Gasteiger partial charge on any atom is 0.269 e. The van der Waals surface area contributed by atoms with Gasteiger partial charge in [0.2, 0.25) is 10.0 Å². The van der Waals surface area contributed by atoms with Crippen molar-refractivity contribution in [2.45, 2.75) is 30.7 Å². The summed E-state index contributed by atoms with van der Waals surface area (Å²) in [5.74, 6) is -0.364. The molecule has 0 aromatic heterocycles. The normalized spacial score (nSPS) is 13.7. The predicted octanol–water partition coefficient (Wildman–Crippen LogP) is 2.19. The Morgan fingerprint density at radius 3 is 2.45 bits per heavy atom. The summed E-state index contributed by atoms with van der Waals surface area (Å²) in [7, 11) is -3.63. The van der Waals surface area contributed by atoms with Crippen molar-refractivity contribution in [3.05, 3.63) is 63.7 Å². The van der Waals surface area contributed by atoms with E-state index in [1.807, 2.05) is 0 Å². The van der Waals surface area contributed by atoms with E-state index in [4.69, 9.17) is 0 Å². The van der Waals surface area contributed by atoms with Crippen LogP contribution in [0, 0.1) is 17.0 Å². The average molecular weight is 418 g/mol. The van der Waals surface area contributed by atoms with Crippen LogP contribution in [0.15, 0.2) is 47.4 Å². The Morgan fingerprint density at radius 2 is 1.83 bits per heavy atom. The monoisotopic (exact) mass is 418 g/mol. The fraction of sp³-hybridized carbons (Fsp3) is 0.316. The van der Waals surface area contributed by atoms with E-state index in [0.29, 0.717) is 29.9 Å². The lowest BCUT2D eigenvalue weighted by Gasteiger charge is -2.11. The third-order valence-electron chi connectivity index (χ3n) is 4.48. The number of carbonyl (C=O) groups excluding carboxylic acids is 1. The van der Waals surface area contributed by atoms with Crippen LogP contribution in [0.5, 0.6) is 0 Å². The number of rotatable bonds is 9. The largest absolute Gasteiger partial charge is 0.383 e. The van der Waals surface area contributed by atoms with E-state index in [0.717, 1.165) is 12.8 Å². The lowest BCUT2D eigenvalue weighted by Crippen LogP contribution is -2.30. The number of amides is 1. The highest BCUT2D eigenvalue weighted by molar-refractivity contribution is 7.89. The van der Waals surface area contributed by atoms with Crippen molar-refractivity contribution in [3.63, 3.8) is 0 Å². The fourth-order valence-corrected chi connectivity index (χ4v) is 4.01. The number of hydrogen-bond acceptors (Lipinski definition) is 6. The van der Waals surface area contributed by atoms with Gasteiger partial charge in [-0.3, -0.25) is 14.9 Å². The van der Waals surface area contributed by atoms with Gasteiger partial charge in [-0.2, -0.15) is 0 Å². The Balaban J connectivity index is 1.56. The number of anilines is 1. The molecule has 2 aromatic carbocycles. The molecule has 3 N–H and O–H groups in total. The van der Waals surface area contributed by atoms with Crippen molar-refractivity contribution in [2.24, 2.45) is 0 Å². The van der Waals surface area contributed by atoms with E-state index in [1.165, 1.54) is 24.3 Å². The molecule has 0 atom stereocenters. The number of benzene rings is 2. The van der Waals surface area contributed by atoms with Crippen LogP contribution in [0.25, 0.3) is 0 Å². The molecule has 0 bridgehead atoms. The highest BCUT2D eigenvalue weighted by atomic mass is 32.2. The molecule has 1 aliphatic rings. The Hall–Kier alpha value is -2.98. The first-order chi connectivity index (χ1) is 13.8. The number of hydrogen-bond donors (Lipinski definition) is 3. The standard InChI is InChI=1S/C19H22N4O5S/c1-13-2-9-17(29(27,28)22-15-3-4-15)12-18(13)19(24)21-11-10-20-14-5-7-16(8-6-14)23(25)26/h2,5-9,12,15,20,22H,3-4,10-11H2,1H3,(H,21,24). The quantitative estimate of drug-likeness (QED) is 0.325. The Kier molecular flexibility index (Phi) is 6.14. The molecule has 10 heteroatoms. The number of nitro groups is 1. The summed E-state index contributed by atoms with van der Waals surface area (Å²) in [5.41, 5.74) is 1.68. The molecule has 1 saturated carbocycles. The van der Waals surface area contributed by atoms with Gasteiger partial charge in [-0.05, 0) is 49.6 Å². The molecule has 1 fully saturated rings. The number of nitro benzene ring substituents is 1. The molecule has 1 amide bonds. The predicted molar refractivity (Wildman–Crippen MR) is 108 cm³/mol. The Bertz CT molecular complexity index is 1020. The van der Waals surface area contributed by atoms with Gasteiger partial charge < -0.3 is 10.6 Å². The summed E-state index contributed by atoms with van der Waals surface area (Å²) in [5, 5.41) is 16.4. The molecule has 0 aliphatic heterocycles. The second-order valence-corrected chi connectivity index (χ2v) is 8.57. The first-order valence-electron chi connectivity index (χ1n) is 9.16. The van der Waals surface area contributed by atoms with Crippen molar-refractivity contribution < 1.29 is 18.1 Å². The molecule has 0 radical (unpaired) electrons. The minimum Gasteiger partial charge on any atom is -0.383 e. The lowest BCUT2D eigenvalue weighted by molar-refractivity contribution is -0.384. The van der Waals surface area contributed by atoms with Crippen LogP contribution < -0.4 is 15.4 Å². The molecule has 2 aromatic rings. The molecule has 0 saturated heterocycles. The van der Waals surface area contributed by atoms with Gasteiger partial charge in [-0.15, -0.1) is 0 Å². The molecule has 9 nitrogen and oxygen atoms in total. The second kappa shape index (κ2) is 8.58. The SMILES string of the molecule is Cc1ccc(S(=O)(=O)NC2CC2)cc1C(=O)NCCNc1ccc([N+](=O)[O-])cc1. The molecule has 0 heterocycles. The molecular weight excluding hydrogens is 396 g/mol. The van der Waals surface area contributed by atoms with Crippen LogP contribution in [-0.2, 0) is 10.0 Å². The summed E-state index contributed by atoms with van der Waals surface area (Å²) in [6.45, 7) is 2.45. The van der Waals surface area contributed by atoms with Gasteiger partial charge in [0.1, 0.15) is 0 Å². The number of aryl methyl sites for hydroxylation is 1. The van der Waals surface area contributed by atoms with Gasteiger partial charge in [-0.25, -0.2) is 13.1 Å². The molecule has 0 unspecified atom stereocenters. The van der Waals surface area contributed by atoms with E-state index >= 15 is 0 Å². The fourth-order valence-electron chi connectivity index (χ4n) is 2.68. The third-order valence-corrected chi connectivity index (χ3v) is 6.00. The van der Waals surface area contributed by atoms with Gasteiger partial charge in [0, 0.05) is 42.5 Å². The van der Waals surface area contributed by atoms with Crippen molar-refractivity contribution in [2.75, 3.05) is 18.4 Å². The number of nitrogens with one attached hydrogen (secondary N) is 3. The van der Waals surface area contributed by atoms with Gasteiger partial charge in [0.15, 0.2) is 0 Å². The molecule has 29 heavy (non-hydrogen) atoms. The number of sulfonamides is 1. The van der Waals surface area contributed by atoms with E-state index in [2.05, 4.69) is 15.4 Å². The third kappa shape index (κ3) is 5.52. The van der Waals surface area contributed by atoms with E-state index in [1.54, 1.807) is 25.1 Å². The summed E-state index contributed by atoms with van der Waals surface area (Å²) in [6, 6.07) is 10.5. The van der Waals surface area contributed by atoms with Gasteiger partial charge in [-0.1, -0.05) is 6.07 Å². The topological polar surface area (TPSA) is 130 Å². The highest BCUT2D eigenvalue weighted by Crippen LogP contribution is 2.23. The van der Waals surface area contributed by atoms with Crippen molar-refractivity contribution >= 4 is 27.3 Å². The van der Waals surface area contributed by atoms with Crippen LogP contribution in [0.1, 0.15) is 28.8 Å². The Labute approximate surface area is 168 Å². The van der Waals surface area contributed by atoms with Gasteiger partial charge in [0.05, 0.1) is 9.82 Å². The summed E-state index contributed by atoms with van der Waals surface area (Å²) in [4.78, 5) is 22.7. The molecule has 154 valence electrons. The maximum absolute atomic E-state index is 12.5. The van der Waals surface area contributed by atoms with Crippen LogP contribution in [0.4, 0.5) is 11.4 Å². The zero-order valence-corrected chi connectivity index (χ0v) is 16.7. The first-order valence-corrected chi connectivity index (χ1v) is 10.6. The smallest absolute Gasteiger partial charge is 0.269 e. The minimum atomic E-state index is -3.63. The van der Waals surface area contributed by atoms with Crippen LogP contribution >= 0.6 is 0 Å². The Morgan fingerprint density at radius 1 is 1.14 bits per heavy atom. The highest BCUT2D eigenvalue weighted by Gasteiger charge is 2.28. The lowest BCUT2D eigenvalue weighted by atomic mass is 10.1. The number of nitrogens with zero attached hydrogens (tertiary/aromatic N) is 1. The minimum absolute atomic E-state index is 0.00494. The summed E-state index contributed by atoms with van der Waals surface area (Å²) >= 11 is 0. The number of carbonyl (C=O) groups is 1.